The first-order valence-electron chi connectivity index (χ1n) is 14.3. The molecule has 3 unspecified atom stereocenters. The van der Waals surface area contributed by atoms with Crippen molar-refractivity contribution in [3.63, 3.8) is 0 Å². The van der Waals surface area contributed by atoms with Gasteiger partial charge in [-0.05, 0) is 66.6 Å². The number of carbonyl (C=O) groups is 1. The average molecular weight is 537 g/mol. The molecule has 0 saturated carbocycles. The largest absolute Gasteiger partial charge is 0.459 e. The minimum absolute atomic E-state index is 0.0323. The summed E-state index contributed by atoms with van der Waals surface area (Å²) in [6, 6.07) is 11.3. The van der Waals surface area contributed by atoms with E-state index in [-0.39, 0.29) is 24.3 Å². The third kappa shape index (κ3) is 6.64. The first kappa shape index (κ1) is 27.6. The maximum atomic E-state index is 13.0. The number of piperazine rings is 1. The molecule has 2 fully saturated rings. The third-order valence-electron chi connectivity index (χ3n) is 7.67. The summed E-state index contributed by atoms with van der Waals surface area (Å²) in [5.41, 5.74) is 3.08. The monoisotopic (exact) mass is 536 g/mol. The van der Waals surface area contributed by atoms with E-state index in [0.29, 0.717) is 6.01 Å². The summed E-state index contributed by atoms with van der Waals surface area (Å²) in [6.07, 6.45) is 2.64. The number of nitrogens with zero attached hydrogens (tertiary/aromatic N) is 6. The van der Waals surface area contributed by atoms with Gasteiger partial charge in [-0.15, -0.1) is 0 Å². The molecule has 0 aliphatic carbocycles. The molecule has 5 rings (SSSR count). The van der Waals surface area contributed by atoms with Gasteiger partial charge in [-0.25, -0.2) is 4.79 Å². The van der Waals surface area contributed by atoms with Crippen LogP contribution in [0.2, 0.25) is 0 Å². The lowest BCUT2D eigenvalue weighted by Gasteiger charge is -2.43. The van der Waals surface area contributed by atoms with Crippen LogP contribution < -0.4 is 9.64 Å². The Balaban J connectivity index is 1.39. The molecule has 2 aromatic rings. The van der Waals surface area contributed by atoms with Crippen molar-refractivity contribution in [1.82, 2.24) is 24.7 Å². The molecule has 212 valence electrons. The van der Waals surface area contributed by atoms with Gasteiger partial charge in [0, 0.05) is 44.8 Å². The van der Waals surface area contributed by atoms with E-state index in [1.54, 1.807) is 0 Å². The van der Waals surface area contributed by atoms with Gasteiger partial charge in [0.15, 0.2) is 0 Å². The van der Waals surface area contributed by atoms with Gasteiger partial charge in [0.1, 0.15) is 17.5 Å². The minimum Gasteiger partial charge on any atom is -0.459 e. The van der Waals surface area contributed by atoms with E-state index >= 15 is 0 Å². The fourth-order valence-corrected chi connectivity index (χ4v) is 6.15. The Morgan fingerprint density at radius 2 is 1.79 bits per heavy atom. The van der Waals surface area contributed by atoms with Crippen LogP contribution in [0.5, 0.6) is 6.01 Å². The lowest BCUT2D eigenvalue weighted by Crippen LogP contribution is -2.57. The van der Waals surface area contributed by atoms with Crippen molar-refractivity contribution in [2.24, 2.45) is 0 Å². The normalized spacial score (nSPS) is 22.1. The summed E-state index contributed by atoms with van der Waals surface area (Å²) in [6.45, 7) is 12.7. The van der Waals surface area contributed by atoms with Gasteiger partial charge >= 0.3 is 12.1 Å². The lowest BCUT2D eigenvalue weighted by molar-refractivity contribution is 0.0122. The van der Waals surface area contributed by atoms with Crippen molar-refractivity contribution in [2.45, 2.75) is 83.8 Å². The first-order chi connectivity index (χ1) is 18.6. The number of anilines is 1. The standard InChI is InChI=1S/C30H44N6O3/c1-21(16-33(5)6)38-28-31-26-20-34(17-22-10-8-7-9-11-22)15-14-25(26)27(32-28)35-18-23-12-13-24(19-35)36(23)29(37)39-30(2,3)4/h7-11,21,23-24H,12-20H2,1-6H3. The highest BCUT2D eigenvalue weighted by molar-refractivity contribution is 5.70. The predicted octanol–water partition coefficient (Wildman–Crippen LogP) is 3.95. The van der Waals surface area contributed by atoms with Crippen LogP contribution in [0.25, 0.3) is 0 Å². The van der Waals surface area contributed by atoms with Crippen molar-refractivity contribution < 1.29 is 14.3 Å². The second-order valence-electron chi connectivity index (χ2n) is 12.6. The number of ether oxygens (including phenoxy) is 2. The van der Waals surface area contributed by atoms with Gasteiger partial charge < -0.3 is 19.3 Å². The van der Waals surface area contributed by atoms with Crippen molar-refractivity contribution in [3.8, 4) is 6.01 Å². The first-order valence-corrected chi connectivity index (χ1v) is 14.3. The Morgan fingerprint density at radius 1 is 1.10 bits per heavy atom. The SMILES string of the molecule is CC(CN(C)C)Oc1nc2c(c(N3CC4CCC(C3)N4C(=O)OC(C)(C)C)n1)CCN(Cc1ccccc1)C2. The van der Waals surface area contributed by atoms with E-state index in [4.69, 9.17) is 19.4 Å². The summed E-state index contributed by atoms with van der Waals surface area (Å²) >= 11 is 0. The highest BCUT2D eigenvalue weighted by atomic mass is 16.6. The number of likely N-dealkylation sites (N-methyl/N-ethyl adjacent to an activating group) is 1. The molecule has 2 saturated heterocycles. The Morgan fingerprint density at radius 3 is 2.44 bits per heavy atom. The lowest BCUT2D eigenvalue weighted by atomic mass is 10.0. The number of hydrogen-bond acceptors (Lipinski definition) is 8. The van der Waals surface area contributed by atoms with E-state index < -0.39 is 5.60 Å². The summed E-state index contributed by atoms with van der Waals surface area (Å²) in [4.78, 5) is 31.9. The quantitative estimate of drug-likeness (QED) is 0.527. The van der Waals surface area contributed by atoms with Crippen LogP contribution in [-0.2, 0) is 24.2 Å². The molecule has 9 nitrogen and oxygen atoms in total. The molecule has 2 bridgehead atoms. The number of benzene rings is 1. The maximum Gasteiger partial charge on any atom is 0.410 e. The predicted molar refractivity (Wildman–Crippen MR) is 152 cm³/mol. The molecule has 3 atom stereocenters. The average Bonchev–Trinajstić information content (AvgIpc) is 3.12. The van der Waals surface area contributed by atoms with Crippen molar-refractivity contribution in [3.05, 3.63) is 47.2 Å². The number of hydrogen-bond donors (Lipinski definition) is 0. The number of amides is 1. The molecule has 39 heavy (non-hydrogen) atoms. The van der Waals surface area contributed by atoms with Gasteiger partial charge in [-0.2, -0.15) is 9.97 Å². The molecule has 1 aromatic carbocycles. The Labute approximate surface area is 233 Å². The highest BCUT2D eigenvalue weighted by Gasteiger charge is 2.45. The molecular weight excluding hydrogens is 492 g/mol. The Bertz CT molecular complexity index is 1140. The molecule has 1 aromatic heterocycles. The number of aromatic nitrogens is 2. The van der Waals surface area contributed by atoms with Crippen LogP contribution in [0.3, 0.4) is 0 Å². The van der Waals surface area contributed by atoms with Crippen LogP contribution in [-0.4, -0.2) is 94.8 Å². The molecule has 9 heteroatoms. The summed E-state index contributed by atoms with van der Waals surface area (Å²) in [5, 5.41) is 0. The highest BCUT2D eigenvalue weighted by Crippen LogP contribution is 2.37. The maximum absolute atomic E-state index is 13.0. The van der Waals surface area contributed by atoms with E-state index in [1.165, 1.54) is 11.1 Å². The number of carbonyl (C=O) groups excluding carboxylic acids is 1. The van der Waals surface area contributed by atoms with Crippen LogP contribution in [0, 0.1) is 0 Å². The topological polar surface area (TPSA) is 74.3 Å². The van der Waals surface area contributed by atoms with Crippen LogP contribution in [0.15, 0.2) is 30.3 Å². The zero-order valence-corrected chi connectivity index (χ0v) is 24.4. The molecular formula is C30H44N6O3. The molecule has 0 radical (unpaired) electrons. The fraction of sp³-hybridized carbons (Fsp3) is 0.633. The van der Waals surface area contributed by atoms with E-state index in [1.807, 2.05) is 39.8 Å². The van der Waals surface area contributed by atoms with Gasteiger partial charge in [-0.1, -0.05) is 30.3 Å². The summed E-state index contributed by atoms with van der Waals surface area (Å²) in [7, 11) is 4.08. The Kier molecular flexibility index (Phi) is 8.01. The third-order valence-corrected chi connectivity index (χ3v) is 7.67. The number of fused-ring (bicyclic) bond motifs is 3. The van der Waals surface area contributed by atoms with Crippen LogP contribution >= 0.6 is 0 Å². The second kappa shape index (κ2) is 11.3. The van der Waals surface area contributed by atoms with Crippen molar-refractivity contribution in [1.29, 1.82) is 0 Å². The molecule has 3 aliphatic heterocycles. The molecule has 4 heterocycles. The minimum atomic E-state index is -0.500. The fourth-order valence-electron chi connectivity index (χ4n) is 6.15. The van der Waals surface area contributed by atoms with Crippen molar-refractivity contribution >= 4 is 11.9 Å². The molecule has 0 spiro atoms. The zero-order valence-electron chi connectivity index (χ0n) is 24.4. The zero-order chi connectivity index (χ0) is 27.7. The van der Waals surface area contributed by atoms with Crippen LogP contribution in [0.1, 0.15) is 57.4 Å². The van der Waals surface area contributed by atoms with Gasteiger partial charge in [0.2, 0.25) is 0 Å². The van der Waals surface area contributed by atoms with Gasteiger partial charge in [-0.3, -0.25) is 9.80 Å². The van der Waals surface area contributed by atoms with E-state index in [2.05, 4.69) is 52.0 Å². The smallest absolute Gasteiger partial charge is 0.410 e. The van der Waals surface area contributed by atoms with E-state index in [9.17, 15) is 4.79 Å². The van der Waals surface area contributed by atoms with Crippen molar-refractivity contribution in [2.75, 3.05) is 45.2 Å². The summed E-state index contributed by atoms with van der Waals surface area (Å²) in [5.74, 6) is 0.979. The molecule has 3 aliphatic rings. The van der Waals surface area contributed by atoms with Gasteiger partial charge in [0.05, 0.1) is 17.8 Å². The van der Waals surface area contributed by atoms with E-state index in [0.717, 1.165) is 70.0 Å². The second-order valence-corrected chi connectivity index (χ2v) is 12.6. The summed E-state index contributed by atoms with van der Waals surface area (Å²) < 4.78 is 12.0. The molecule has 1 amide bonds. The van der Waals surface area contributed by atoms with Gasteiger partial charge in [0.25, 0.3) is 0 Å². The molecule has 0 N–H and O–H groups in total. The van der Waals surface area contributed by atoms with Crippen LogP contribution in [0.4, 0.5) is 10.6 Å². The number of rotatable bonds is 7. The Hall–Kier alpha value is -2.91.